The van der Waals surface area contributed by atoms with Crippen LogP contribution < -0.4 is 0 Å². The number of ether oxygens (including phenoxy) is 4. The van der Waals surface area contributed by atoms with E-state index in [0.29, 0.717) is 25.7 Å². The van der Waals surface area contributed by atoms with Crippen molar-refractivity contribution in [3.05, 3.63) is 0 Å². The maximum atomic E-state index is 13.2. The van der Waals surface area contributed by atoms with Gasteiger partial charge >= 0.3 is 39.5 Å². The molecule has 0 rings (SSSR count). The molecule has 0 aromatic rings. The number of aliphatic hydroxyl groups is 1. The summed E-state index contributed by atoms with van der Waals surface area (Å²) in [5, 5.41) is 10.7. The van der Waals surface area contributed by atoms with E-state index in [0.717, 1.165) is 108 Å². The van der Waals surface area contributed by atoms with Crippen molar-refractivity contribution in [2.45, 2.75) is 510 Å². The molecule has 0 bridgehead atoms. The standard InChI is InChI=1S/C92H180O17P2/c1-8-11-12-13-14-15-45-52-59-66-73-89(94)102-79-87(108-92(97)76-69-62-55-48-41-35-29-28-32-38-44-51-58-65-72-85(7)10-3)81-106-110(98,99)104-77-86(93)78-105-111(100,101)107-82-88(80-103-90(95)74-67-60-53-46-39-33-26-22-18-16-20-24-30-36-42-49-56-63-70-83(4)5)109-91(96)75-68-61-54-47-40-34-27-23-19-17-21-25-31-37-43-50-57-64-71-84(6)9-2/h83-88,93H,8-82H2,1-7H3,(H,98,99)(H,100,101)/t84?,85?,86-,87+,88+/m0/s1. The molecule has 0 saturated heterocycles. The van der Waals surface area contributed by atoms with Gasteiger partial charge in [0.1, 0.15) is 19.3 Å². The molecule has 0 heterocycles. The minimum Gasteiger partial charge on any atom is -0.462 e. The zero-order valence-corrected chi connectivity index (χ0v) is 75.2. The van der Waals surface area contributed by atoms with Crippen LogP contribution in [0.2, 0.25) is 0 Å². The number of phosphoric acid groups is 2. The highest BCUT2D eigenvalue weighted by atomic mass is 31.2. The lowest BCUT2D eigenvalue weighted by atomic mass is 9.99. The Morgan fingerprint density at radius 2 is 0.459 bits per heavy atom. The van der Waals surface area contributed by atoms with E-state index in [1.54, 1.807) is 0 Å². The maximum Gasteiger partial charge on any atom is 0.472 e. The number of aliphatic hydroxyl groups excluding tert-OH is 1. The minimum atomic E-state index is -4.97. The maximum absolute atomic E-state index is 13.2. The molecule has 0 aliphatic heterocycles. The fraction of sp³-hybridized carbons (Fsp3) is 0.957. The van der Waals surface area contributed by atoms with E-state index in [1.165, 1.54) is 302 Å². The molecule has 7 atom stereocenters. The Hall–Kier alpha value is -1.94. The topological polar surface area (TPSA) is 237 Å². The van der Waals surface area contributed by atoms with Gasteiger partial charge in [-0.3, -0.25) is 37.3 Å². The van der Waals surface area contributed by atoms with Crippen molar-refractivity contribution in [3.8, 4) is 0 Å². The summed E-state index contributed by atoms with van der Waals surface area (Å²) in [5.41, 5.74) is 0. The summed E-state index contributed by atoms with van der Waals surface area (Å²) in [5.74, 6) is 0.443. The molecule has 111 heavy (non-hydrogen) atoms. The number of carbonyl (C=O) groups is 4. The SMILES string of the molecule is CCCCCCCCCCCCC(=O)OC[C@H](COP(=O)(O)OC[C@H](O)COP(=O)(O)OC[C@@H](COC(=O)CCCCCCCCCCCCCCCCCCCCC(C)C)OC(=O)CCCCCCCCCCCCCCCCCCCCC(C)CC)OC(=O)CCCCCCCCCCCCCCCCC(C)CC. The number of hydrogen-bond acceptors (Lipinski definition) is 15. The monoisotopic (exact) mass is 1620 g/mol. The smallest absolute Gasteiger partial charge is 0.462 e. The summed E-state index contributed by atoms with van der Waals surface area (Å²) in [6, 6.07) is 0. The lowest BCUT2D eigenvalue weighted by Gasteiger charge is -2.21. The van der Waals surface area contributed by atoms with E-state index in [9.17, 15) is 43.2 Å². The number of phosphoric ester groups is 2. The molecule has 3 N–H and O–H groups in total. The van der Waals surface area contributed by atoms with Gasteiger partial charge in [0.05, 0.1) is 26.4 Å². The molecule has 660 valence electrons. The van der Waals surface area contributed by atoms with Crippen LogP contribution in [0.25, 0.3) is 0 Å². The lowest BCUT2D eigenvalue weighted by Crippen LogP contribution is -2.30. The first-order valence-electron chi connectivity index (χ1n) is 47.4. The number of hydrogen-bond donors (Lipinski definition) is 3. The van der Waals surface area contributed by atoms with E-state index < -0.39 is 97.5 Å². The van der Waals surface area contributed by atoms with Crippen LogP contribution in [-0.2, 0) is 65.4 Å². The Morgan fingerprint density at radius 1 is 0.261 bits per heavy atom. The highest BCUT2D eigenvalue weighted by Crippen LogP contribution is 2.45. The third-order valence-electron chi connectivity index (χ3n) is 22.4. The number of carbonyl (C=O) groups excluding carboxylic acids is 4. The van der Waals surface area contributed by atoms with Crippen LogP contribution in [0.15, 0.2) is 0 Å². The van der Waals surface area contributed by atoms with Gasteiger partial charge in [0, 0.05) is 25.7 Å². The molecule has 0 aromatic carbocycles. The Labute approximate surface area is 683 Å². The number of esters is 4. The molecule has 0 aromatic heterocycles. The van der Waals surface area contributed by atoms with Gasteiger partial charge in [-0.1, -0.05) is 440 Å². The minimum absolute atomic E-state index is 0.108. The molecule has 0 radical (unpaired) electrons. The van der Waals surface area contributed by atoms with Gasteiger partial charge in [0.2, 0.25) is 0 Å². The van der Waals surface area contributed by atoms with Crippen molar-refractivity contribution in [1.29, 1.82) is 0 Å². The zero-order chi connectivity index (χ0) is 81.5. The van der Waals surface area contributed by atoms with E-state index in [1.807, 2.05) is 0 Å². The largest absolute Gasteiger partial charge is 0.472 e. The Bertz CT molecular complexity index is 2130. The zero-order valence-electron chi connectivity index (χ0n) is 73.4. The van der Waals surface area contributed by atoms with Crippen molar-refractivity contribution >= 4 is 39.5 Å². The molecule has 0 aliphatic rings. The van der Waals surface area contributed by atoms with Crippen molar-refractivity contribution in [3.63, 3.8) is 0 Å². The van der Waals surface area contributed by atoms with Crippen LogP contribution in [0.3, 0.4) is 0 Å². The van der Waals surface area contributed by atoms with Gasteiger partial charge in [-0.05, 0) is 43.4 Å². The van der Waals surface area contributed by atoms with E-state index in [-0.39, 0.29) is 25.7 Å². The van der Waals surface area contributed by atoms with Crippen LogP contribution in [0.5, 0.6) is 0 Å². The molecule has 0 aliphatic carbocycles. The van der Waals surface area contributed by atoms with Crippen molar-refractivity contribution in [2.75, 3.05) is 39.6 Å². The van der Waals surface area contributed by atoms with Crippen molar-refractivity contribution in [2.24, 2.45) is 17.8 Å². The van der Waals surface area contributed by atoms with Gasteiger partial charge in [-0.25, -0.2) is 9.13 Å². The highest BCUT2D eigenvalue weighted by molar-refractivity contribution is 7.47. The third-order valence-corrected chi connectivity index (χ3v) is 24.3. The molecular formula is C92H180O17P2. The fourth-order valence-electron chi connectivity index (χ4n) is 14.4. The van der Waals surface area contributed by atoms with Gasteiger partial charge in [0.25, 0.3) is 0 Å². The fourth-order valence-corrected chi connectivity index (χ4v) is 15.9. The number of unbranched alkanes of at least 4 members (excludes halogenated alkanes) is 56. The summed E-state index contributed by atoms with van der Waals surface area (Å²) in [6.07, 6.45) is 75.0. The molecule has 0 amide bonds. The van der Waals surface area contributed by atoms with Crippen LogP contribution in [0.4, 0.5) is 0 Å². The van der Waals surface area contributed by atoms with Crippen LogP contribution >= 0.6 is 15.6 Å². The molecule has 17 nitrogen and oxygen atoms in total. The summed E-state index contributed by atoms with van der Waals surface area (Å²) in [4.78, 5) is 73.4. The quantitative estimate of drug-likeness (QED) is 0.0222. The summed E-state index contributed by atoms with van der Waals surface area (Å²) in [6.45, 7) is 12.2. The summed E-state index contributed by atoms with van der Waals surface area (Å²) in [7, 11) is -9.94. The third kappa shape index (κ3) is 82.9. The van der Waals surface area contributed by atoms with Gasteiger partial charge in [0.15, 0.2) is 12.2 Å². The second-order valence-electron chi connectivity index (χ2n) is 34.0. The normalized spacial score (nSPS) is 14.3. The predicted molar refractivity (Wildman–Crippen MR) is 460 cm³/mol. The van der Waals surface area contributed by atoms with E-state index in [4.69, 9.17) is 37.0 Å². The first kappa shape index (κ1) is 109. The first-order chi connectivity index (χ1) is 53.8. The average molecular weight is 1620 g/mol. The van der Waals surface area contributed by atoms with E-state index >= 15 is 0 Å². The second kappa shape index (κ2) is 81.8. The molecule has 4 unspecified atom stereocenters. The van der Waals surface area contributed by atoms with Gasteiger partial charge in [-0.2, -0.15) is 0 Å². The van der Waals surface area contributed by atoms with Crippen molar-refractivity contribution < 1.29 is 80.2 Å². The number of rotatable bonds is 90. The molecule has 0 spiro atoms. The Balaban J connectivity index is 5.22. The first-order valence-corrected chi connectivity index (χ1v) is 50.4. The molecule has 19 heteroatoms. The summed E-state index contributed by atoms with van der Waals surface area (Å²) < 4.78 is 69.1. The molecule has 0 fully saturated rings. The Kier molecular flexibility index (Phi) is 80.4. The molecular weight excluding hydrogens is 1440 g/mol. The van der Waals surface area contributed by atoms with Crippen LogP contribution in [-0.4, -0.2) is 96.7 Å². The van der Waals surface area contributed by atoms with Crippen LogP contribution in [0, 0.1) is 17.8 Å². The van der Waals surface area contributed by atoms with Crippen molar-refractivity contribution in [1.82, 2.24) is 0 Å². The molecule has 0 saturated carbocycles. The average Bonchev–Trinajstić information content (AvgIpc) is 0.898. The summed E-state index contributed by atoms with van der Waals surface area (Å²) >= 11 is 0. The predicted octanol–water partition coefficient (Wildman–Crippen LogP) is 28.4. The van der Waals surface area contributed by atoms with Gasteiger partial charge < -0.3 is 33.8 Å². The lowest BCUT2D eigenvalue weighted by molar-refractivity contribution is -0.161. The highest BCUT2D eigenvalue weighted by Gasteiger charge is 2.31. The Morgan fingerprint density at radius 3 is 0.685 bits per heavy atom. The van der Waals surface area contributed by atoms with Crippen LogP contribution in [0.1, 0.15) is 492 Å². The van der Waals surface area contributed by atoms with E-state index in [2.05, 4.69) is 48.5 Å². The second-order valence-corrected chi connectivity index (χ2v) is 36.9. The van der Waals surface area contributed by atoms with Gasteiger partial charge in [-0.15, -0.1) is 0 Å².